The van der Waals surface area contributed by atoms with Gasteiger partial charge in [0.05, 0.1) is 6.54 Å². The first-order chi connectivity index (χ1) is 12.2. The smallest absolute Gasteiger partial charge is 0.255 e. The fourth-order valence-corrected chi connectivity index (χ4v) is 2.40. The van der Waals surface area contributed by atoms with Crippen LogP contribution in [0.5, 0.6) is 0 Å². The molecule has 0 aliphatic rings. The summed E-state index contributed by atoms with van der Waals surface area (Å²) in [5.41, 5.74) is 7.57. The molecule has 0 aliphatic heterocycles. The number of rotatable bonds is 6. The van der Waals surface area contributed by atoms with Crippen LogP contribution in [0.2, 0.25) is 0 Å². The third kappa shape index (κ3) is 5.15. The second kappa shape index (κ2) is 8.12. The van der Waals surface area contributed by atoms with Crippen molar-refractivity contribution in [3.8, 4) is 11.1 Å². The molecule has 0 radical (unpaired) electrons. The van der Waals surface area contributed by atoms with Gasteiger partial charge in [0.15, 0.2) is 0 Å². The maximum absolute atomic E-state index is 11.8. The topological polar surface area (TPSA) is 95.7 Å². The molecule has 2 aromatic rings. The molecule has 0 bridgehead atoms. The molecule has 2 aromatic carbocycles. The SMILES string of the molecule is CN(Cc1cccc(-c2ccc(NC(=O)C(C)(C)O)cc2)c1)C(=O)CN. The van der Waals surface area contributed by atoms with Gasteiger partial charge in [0.1, 0.15) is 5.60 Å². The van der Waals surface area contributed by atoms with E-state index in [0.29, 0.717) is 12.2 Å². The number of carbonyl (C=O) groups excluding carboxylic acids is 2. The maximum atomic E-state index is 11.8. The van der Waals surface area contributed by atoms with Gasteiger partial charge in [-0.15, -0.1) is 0 Å². The van der Waals surface area contributed by atoms with Crippen LogP contribution >= 0.6 is 0 Å². The second-order valence-corrected chi connectivity index (χ2v) is 6.74. The number of benzene rings is 2. The van der Waals surface area contributed by atoms with E-state index < -0.39 is 11.5 Å². The fraction of sp³-hybridized carbons (Fsp3) is 0.300. The van der Waals surface area contributed by atoms with E-state index in [1.54, 1.807) is 24.1 Å². The highest BCUT2D eigenvalue weighted by Gasteiger charge is 2.23. The van der Waals surface area contributed by atoms with E-state index in [0.717, 1.165) is 16.7 Å². The van der Waals surface area contributed by atoms with E-state index >= 15 is 0 Å². The first-order valence-corrected chi connectivity index (χ1v) is 8.38. The number of aliphatic hydroxyl groups is 1. The first kappa shape index (κ1) is 19.6. The molecule has 2 rings (SSSR count). The van der Waals surface area contributed by atoms with Crippen LogP contribution in [0.4, 0.5) is 5.69 Å². The van der Waals surface area contributed by atoms with Gasteiger partial charge in [-0.05, 0) is 48.7 Å². The average molecular weight is 355 g/mol. The second-order valence-electron chi connectivity index (χ2n) is 6.74. The molecule has 0 heterocycles. The summed E-state index contributed by atoms with van der Waals surface area (Å²) in [6.07, 6.45) is 0. The van der Waals surface area contributed by atoms with Crippen LogP contribution in [-0.4, -0.2) is 41.0 Å². The summed E-state index contributed by atoms with van der Waals surface area (Å²) in [6.45, 7) is 3.36. The highest BCUT2D eigenvalue weighted by atomic mass is 16.3. The summed E-state index contributed by atoms with van der Waals surface area (Å²) in [4.78, 5) is 25.0. The predicted molar refractivity (Wildman–Crippen MR) is 102 cm³/mol. The number of amides is 2. The Kier molecular flexibility index (Phi) is 6.13. The van der Waals surface area contributed by atoms with Crippen molar-refractivity contribution < 1.29 is 14.7 Å². The summed E-state index contributed by atoms with van der Waals surface area (Å²) < 4.78 is 0. The van der Waals surface area contributed by atoms with Gasteiger partial charge in [-0.3, -0.25) is 9.59 Å². The molecule has 0 saturated heterocycles. The zero-order valence-corrected chi connectivity index (χ0v) is 15.3. The molecular formula is C20H25N3O3. The van der Waals surface area contributed by atoms with Crippen molar-refractivity contribution >= 4 is 17.5 Å². The molecule has 0 unspecified atom stereocenters. The number of likely N-dealkylation sites (N-methyl/N-ethyl adjacent to an activating group) is 1. The largest absolute Gasteiger partial charge is 0.381 e. The van der Waals surface area contributed by atoms with Crippen molar-refractivity contribution in [3.05, 3.63) is 54.1 Å². The Balaban J connectivity index is 2.13. The normalized spacial score (nSPS) is 11.1. The third-order valence-electron chi connectivity index (χ3n) is 3.98. The van der Waals surface area contributed by atoms with Crippen LogP contribution in [0.1, 0.15) is 19.4 Å². The quantitative estimate of drug-likeness (QED) is 0.738. The van der Waals surface area contributed by atoms with Crippen molar-refractivity contribution in [1.82, 2.24) is 4.90 Å². The molecule has 6 heteroatoms. The minimum atomic E-state index is -1.43. The third-order valence-corrected chi connectivity index (χ3v) is 3.98. The fourth-order valence-electron chi connectivity index (χ4n) is 2.40. The van der Waals surface area contributed by atoms with Gasteiger partial charge >= 0.3 is 0 Å². The van der Waals surface area contributed by atoms with Gasteiger partial charge in [0, 0.05) is 19.3 Å². The zero-order chi connectivity index (χ0) is 19.3. The Morgan fingerprint density at radius 2 is 1.77 bits per heavy atom. The van der Waals surface area contributed by atoms with Crippen LogP contribution in [0, 0.1) is 0 Å². The van der Waals surface area contributed by atoms with Gasteiger partial charge in [-0.1, -0.05) is 30.3 Å². The van der Waals surface area contributed by atoms with Gasteiger partial charge in [0.25, 0.3) is 5.91 Å². The summed E-state index contributed by atoms with van der Waals surface area (Å²) in [5.74, 6) is -0.567. The molecule has 0 fully saturated rings. The molecule has 138 valence electrons. The summed E-state index contributed by atoms with van der Waals surface area (Å²) in [5, 5.41) is 12.4. The van der Waals surface area contributed by atoms with Crippen LogP contribution in [0.3, 0.4) is 0 Å². The van der Waals surface area contributed by atoms with Gasteiger partial charge in [-0.25, -0.2) is 0 Å². The van der Waals surface area contributed by atoms with Crippen molar-refractivity contribution in [2.45, 2.75) is 26.0 Å². The zero-order valence-electron chi connectivity index (χ0n) is 15.3. The van der Waals surface area contributed by atoms with Gasteiger partial charge < -0.3 is 21.1 Å². The van der Waals surface area contributed by atoms with E-state index in [1.165, 1.54) is 13.8 Å². The minimum absolute atomic E-state index is 0.00593. The molecular weight excluding hydrogens is 330 g/mol. The van der Waals surface area contributed by atoms with Crippen LogP contribution < -0.4 is 11.1 Å². The molecule has 0 aliphatic carbocycles. The lowest BCUT2D eigenvalue weighted by molar-refractivity contribution is -0.130. The lowest BCUT2D eigenvalue weighted by atomic mass is 10.0. The van der Waals surface area contributed by atoms with E-state index in [-0.39, 0.29) is 12.5 Å². The van der Waals surface area contributed by atoms with Crippen LogP contribution in [-0.2, 0) is 16.1 Å². The highest BCUT2D eigenvalue weighted by Crippen LogP contribution is 2.23. The van der Waals surface area contributed by atoms with Crippen molar-refractivity contribution in [3.63, 3.8) is 0 Å². The van der Waals surface area contributed by atoms with E-state index in [9.17, 15) is 14.7 Å². The number of nitrogens with one attached hydrogen (secondary N) is 1. The lowest BCUT2D eigenvalue weighted by Gasteiger charge is -2.17. The molecule has 0 atom stereocenters. The van der Waals surface area contributed by atoms with E-state index in [1.807, 2.05) is 36.4 Å². The molecule has 6 nitrogen and oxygen atoms in total. The Morgan fingerprint density at radius 3 is 2.35 bits per heavy atom. The molecule has 0 saturated carbocycles. The number of hydrogen-bond acceptors (Lipinski definition) is 4. The van der Waals surface area contributed by atoms with Crippen LogP contribution in [0.25, 0.3) is 11.1 Å². The minimum Gasteiger partial charge on any atom is -0.381 e. The summed E-state index contributed by atoms with van der Waals surface area (Å²) in [7, 11) is 1.72. The first-order valence-electron chi connectivity index (χ1n) is 8.38. The monoisotopic (exact) mass is 355 g/mol. The summed E-state index contributed by atoms with van der Waals surface area (Å²) >= 11 is 0. The number of nitrogens with zero attached hydrogens (tertiary/aromatic N) is 1. The average Bonchev–Trinajstić information content (AvgIpc) is 2.61. The van der Waals surface area contributed by atoms with Crippen molar-refractivity contribution in [2.75, 3.05) is 18.9 Å². The van der Waals surface area contributed by atoms with Gasteiger partial charge in [-0.2, -0.15) is 0 Å². The Morgan fingerprint density at radius 1 is 1.12 bits per heavy atom. The van der Waals surface area contributed by atoms with Crippen molar-refractivity contribution in [1.29, 1.82) is 0 Å². The molecule has 26 heavy (non-hydrogen) atoms. The summed E-state index contributed by atoms with van der Waals surface area (Å²) in [6, 6.07) is 15.3. The number of hydrogen-bond donors (Lipinski definition) is 3. The van der Waals surface area contributed by atoms with E-state index in [2.05, 4.69) is 5.32 Å². The Bertz CT molecular complexity index is 780. The van der Waals surface area contributed by atoms with E-state index in [4.69, 9.17) is 5.73 Å². The number of nitrogens with two attached hydrogens (primary N) is 1. The molecule has 2 amide bonds. The Labute approximate surface area is 153 Å². The molecule has 4 N–H and O–H groups in total. The molecule has 0 aromatic heterocycles. The standard InChI is InChI=1S/C20H25N3O3/c1-20(2,26)19(25)22-17-9-7-15(8-10-17)16-6-4-5-14(11-16)13-23(3)18(24)12-21/h4-11,26H,12-13,21H2,1-3H3,(H,22,25). The van der Waals surface area contributed by atoms with Crippen molar-refractivity contribution in [2.24, 2.45) is 5.73 Å². The highest BCUT2D eigenvalue weighted by molar-refractivity contribution is 5.96. The lowest BCUT2D eigenvalue weighted by Crippen LogP contribution is -2.36. The number of anilines is 1. The number of carbonyl (C=O) groups is 2. The predicted octanol–water partition coefficient (Wildman–Crippen LogP) is 1.98. The maximum Gasteiger partial charge on any atom is 0.255 e. The Hall–Kier alpha value is -2.70. The van der Waals surface area contributed by atoms with Gasteiger partial charge in [0.2, 0.25) is 5.91 Å². The van der Waals surface area contributed by atoms with Crippen LogP contribution in [0.15, 0.2) is 48.5 Å². The molecule has 0 spiro atoms.